The lowest BCUT2D eigenvalue weighted by Crippen LogP contribution is -2.45. The SMILES string of the molecule is CC(=O)Nc1ccc2nc(NC(=O)[C@@H]3CCCN3C(=O)OC(C)(C)C)sc2c1. The Kier molecular flexibility index (Phi) is 5.55. The lowest BCUT2D eigenvalue weighted by Gasteiger charge is -2.27. The molecule has 0 saturated carbocycles. The van der Waals surface area contributed by atoms with Crippen LogP contribution in [0.3, 0.4) is 0 Å². The molecule has 2 heterocycles. The Bertz CT molecular complexity index is 918. The van der Waals surface area contributed by atoms with Crippen molar-refractivity contribution in [3.8, 4) is 0 Å². The zero-order chi connectivity index (χ0) is 20.5. The molecular formula is C19H24N4O4S. The maximum atomic E-state index is 12.7. The van der Waals surface area contributed by atoms with Crippen LogP contribution in [0.1, 0.15) is 40.5 Å². The number of hydrogen-bond donors (Lipinski definition) is 2. The summed E-state index contributed by atoms with van der Waals surface area (Å²) in [6.45, 7) is 7.33. The van der Waals surface area contributed by atoms with Crippen molar-refractivity contribution in [1.29, 1.82) is 0 Å². The van der Waals surface area contributed by atoms with Gasteiger partial charge in [0.25, 0.3) is 0 Å². The molecule has 9 heteroatoms. The van der Waals surface area contributed by atoms with E-state index in [1.165, 1.54) is 23.2 Å². The molecule has 2 N–H and O–H groups in total. The van der Waals surface area contributed by atoms with Crippen molar-refractivity contribution in [1.82, 2.24) is 9.88 Å². The first kappa shape index (κ1) is 20.1. The first-order valence-corrected chi connectivity index (χ1v) is 9.93. The number of nitrogens with zero attached hydrogens (tertiary/aromatic N) is 2. The molecule has 0 aliphatic carbocycles. The van der Waals surface area contributed by atoms with Gasteiger partial charge in [-0.05, 0) is 51.8 Å². The monoisotopic (exact) mass is 404 g/mol. The van der Waals surface area contributed by atoms with Gasteiger partial charge in [-0.1, -0.05) is 11.3 Å². The van der Waals surface area contributed by atoms with Crippen molar-refractivity contribution in [2.45, 2.75) is 52.2 Å². The molecule has 8 nitrogen and oxygen atoms in total. The Balaban J connectivity index is 1.71. The van der Waals surface area contributed by atoms with Gasteiger partial charge in [0.2, 0.25) is 11.8 Å². The van der Waals surface area contributed by atoms with Gasteiger partial charge in [0.1, 0.15) is 11.6 Å². The molecule has 0 spiro atoms. The zero-order valence-electron chi connectivity index (χ0n) is 16.4. The van der Waals surface area contributed by atoms with Crippen molar-refractivity contribution < 1.29 is 19.1 Å². The number of amides is 3. The summed E-state index contributed by atoms with van der Waals surface area (Å²) in [7, 11) is 0. The van der Waals surface area contributed by atoms with Crippen LogP contribution in [-0.2, 0) is 14.3 Å². The van der Waals surface area contributed by atoms with Gasteiger partial charge in [-0.2, -0.15) is 0 Å². The third-order valence-corrected chi connectivity index (χ3v) is 5.06. The van der Waals surface area contributed by atoms with E-state index in [1.807, 2.05) is 6.07 Å². The number of rotatable bonds is 3. The minimum Gasteiger partial charge on any atom is -0.444 e. The van der Waals surface area contributed by atoms with Crippen LogP contribution in [0.25, 0.3) is 10.2 Å². The average Bonchev–Trinajstić information content (AvgIpc) is 3.18. The van der Waals surface area contributed by atoms with Gasteiger partial charge in [-0.15, -0.1) is 0 Å². The Morgan fingerprint density at radius 2 is 2.00 bits per heavy atom. The van der Waals surface area contributed by atoms with Crippen molar-refractivity contribution in [2.24, 2.45) is 0 Å². The van der Waals surface area contributed by atoms with E-state index in [9.17, 15) is 14.4 Å². The minimum atomic E-state index is -0.612. The van der Waals surface area contributed by atoms with Crippen LogP contribution < -0.4 is 10.6 Å². The van der Waals surface area contributed by atoms with E-state index in [4.69, 9.17) is 4.74 Å². The van der Waals surface area contributed by atoms with Gasteiger partial charge in [-0.3, -0.25) is 14.5 Å². The summed E-state index contributed by atoms with van der Waals surface area (Å²) in [5.74, 6) is -0.426. The van der Waals surface area contributed by atoms with E-state index in [2.05, 4.69) is 15.6 Å². The molecule has 1 aliphatic heterocycles. The normalized spacial score (nSPS) is 16.9. The molecule has 0 radical (unpaired) electrons. The molecule has 0 unspecified atom stereocenters. The van der Waals surface area contributed by atoms with Gasteiger partial charge in [0, 0.05) is 19.2 Å². The Morgan fingerprint density at radius 1 is 1.25 bits per heavy atom. The molecule has 1 saturated heterocycles. The highest BCUT2D eigenvalue weighted by molar-refractivity contribution is 7.22. The van der Waals surface area contributed by atoms with E-state index in [0.29, 0.717) is 23.8 Å². The third kappa shape index (κ3) is 4.78. The fourth-order valence-corrected chi connectivity index (χ4v) is 3.93. The second kappa shape index (κ2) is 7.75. The number of benzene rings is 1. The smallest absolute Gasteiger partial charge is 0.410 e. The fraction of sp³-hybridized carbons (Fsp3) is 0.474. The van der Waals surface area contributed by atoms with Gasteiger partial charge in [0.15, 0.2) is 5.13 Å². The van der Waals surface area contributed by atoms with E-state index >= 15 is 0 Å². The molecule has 1 fully saturated rings. The highest BCUT2D eigenvalue weighted by Gasteiger charge is 2.36. The van der Waals surface area contributed by atoms with E-state index in [0.717, 1.165) is 16.6 Å². The molecule has 2 aromatic rings. The van der Waals surface area contributed by atoms with Crippen LogP contribution in [0.15, 0.2) is 18.2 Å². The second-order valence-electron chi connectivity index (χ2n) is 7.70. The van der Waals surface area contributed by atoms with Crippen molar-refractivity contribution in [3.63, 3.8) is 0 Å². The van der Waals surface area contributed by atoms with Crippen molar-refractivity contribution in [2.75, 3.05) is 17.2 Å². The highest BCUT2D eigenvalue weighted by atomic mass is 32.1. The maximum absolute atomic E-state index is 12.7. The number of thiazole rings is 1. The lowest BCUT2D eigenvalue weighted by atomic mass is 10.2. The number of carbonyl (C=O) groups excluding carboxylic acids is 3. The predicted octanol–water partition coefficient (Wildman–Crippen LogP) is 3.59. The van der Waals surface area contributed by atoms with Crippen LogP contribution in [0, 0.1) is 0 Å². The molecule has 1 aliphatic rings. The van der Waals surface area contributed by atoms with E-state index in [1.54, 1.807) is 32.9 Å². The molecule has 150 valence electrons. The van der Waals surface area contributed by atoms with Gasteiger partial charge < -0.3 is 15.4 Å². The van der Waals surface area contributed by atoms with Crippen LogP contribution >= 0.6 is 11.3 Å². The maximum Gasteiger partial charge on any atom is 0.410 e. The molecule has 1 aromatic heterocycles. The van der Waals surface area contributed by atoms with E-state index < -0.39 is 17.7 Å². The molecule has 28 heavy (non-hydrogen) atoms. The zero-order valence-corrected chi connectivity index (χ0v) is 17.2. The topological polar surface area (TPSA) is 101 Å². The predicted molar refractivity (Wildman–Crippen MR) is 109 cm³/mol. The Morgan fingerprint density at radius 3 is 2.68 bits per heavy atom. The number of anilines is 2. The number of hydrogen-bond acceptors (Lipinski definition) is 6. The summed E-state index contributed by atoms with van der Waals surface area (Å²) in [6.07, 6.45) is 0.856. The number of aromatic nitrogens is 1. The van der Waals surface area contributed by atoms with E-state index in [-0.39, 0.29) is 11.8 Å². The van der Waals surface area contributed by atoms with Gasteiger partial charge in [-0.25, -0.2) is 9.78 Å². The minimum absolute atomic E-state index is 0.152. The molecule has 3 amide bonds. The summed E-state index contributed by atoms with van der Waals surface area (Å²) in [5.41, 5.74) is 0.789. The number of ether oxygens (including phenoxy) is 1. The van der Waals surface area contributed by atoms with Crippen LogP contribution in [0.5, 0.6) is 0 Å². The molecule has 0 bridgehead atoms. The summed E-state index contributed by atoms with van der Waals surface area (Å²) < 4.78 is 6.25. The highest BCUT2D eigenvalue weighted by Crippen LogP contribution is 2.29. The average molecular weight is 404 g/mol. The Hall–Kier alpha value is -2.68. The van der Waals surface area contributed by atoms with Crippen molar-refractivity contribution >= 4 is 50.3 Å². The fourth-order valence-electron chi connectivity index (χ4n) is 3.03. The summed E-state index contributed by atoms with van der Waals surface area (Å²) in [5, 5.41) is 5.99. The number of likely N-dealkylation sites (tertiary alicyclic amines) is 1. The lowest BCUT2D eigenvalue weighted by molar-refractivity contribution is -0.120. The summed E-state index contributed by atoms with van der Waals surface area (Å²) in [4.78, 5) is 42.2. The van der Waals surface area contributed by atoms with Gasteiger partial charge in [0.05, 0.1) is 10.2 Å². The van der Waals surface area contributed by atoms with Crippen molar-refractivity contribution in [3.05, 3.63) is 18.2 Å². The molecule has 3 rings (SSSR count). The standard InChI is InChI=1S/C19H24N4O4S/c1-11(24)20-12-7-8-13-15(10-12)28-17(21-13)22-16(25)14-6-5-9-23(14)18(26)27-19(2,3)4/h7-8,10,14H,5-6,9H2,1-4H3,(H,20,24)(H,21,22,25)/t14-/m0/s1. The largest absolute Gasteiger partial charge is 0.444 e. The van der Waals surface area contributed by atoms with Gasteiger partial charge >= 0.3 is 6.09 Å². The first-order chi connectivity index (χ1) is 13.1. The van der Waals surface area contributed by atoms with Crippen LogP contribution in [-0.4, -0.2) is 46.0 Å². The van der Waals surface area contributed by atoms with Crippen LogP contribution in [0.4, 0.5) is 15.6 Å². The summed E-state index contributed by atoms with van der Waals surface area (Å²) in [6, 6.07) is 4.79. The number of carbonyl (C=O) groups is 3. The Labute approximate surface area is 167 Å². The third-order valence-electron chi connectivity index (χ3n) is 4.12. The quantitative estimate of drug-likeness (QED) is 0.814. The molecular weight excluding hydrogens is 380 g/mol. The number of nitrogens with one attached hydrogen (secondary N) is 2. The summed E-state index contributed by atoms with van der Waals surface area (Å²) >= 11 is 1.32. The molecule has 1 atom stereocenters. The molecule has 1 aromatic carbocycles. The second-order valence-corrected chi connectivity index (χ2v) is 8.73. The van der Waals surface area contributed by atoms with Crippen LogP contribution in [0.2, 0.25) is 0 Å². The first-order valence-electron chi connectivity index (χ1n) is 9.11. The number of fused-ring (bicyclic) bond motifs is 1.